The maximum atomic E-state index is 10.4. The minimum atomic E-state index is -3.67. The number of carbonyl (C=O) groups excluding carboxylic acids is 1. The Morgan fingerprint density at radius 2 is 1.72 bits per heavy atom. The number of esters is 1. The van der Waals surface area contributed by atoms with Crippen molar-refractivity contribution in [3.63, 3.8) is 0 Å². The van der Waals surface area contributed by atoms with Crippen molar-refractivity contribution >= 4 is 16.1 Å². The standard InChI is InChI=1S/C7H13O2.CN.CH4O3S.Cu.Zn/c1-3-4-5-6-7(8)9-2;1-2;1-5(2,3)4;;/h1,3-6H2,2H3;;1H3,(H,2,3,4);;/q2*-1;;+2;. The van der Waals surface area contributed by atoms with Crippen molar-refractivity contribution in [3.8, 4) is 0 Å². The summed E-state index contributed by atoms with van der Waals surface area (Å²) in [7, 11) is -2.26. The summed E-state index contributed by atoms with van der Waals surface area (Å²) in [5, 5.41) is 6.25. The quantitative estimate of drug-likeness (QED) is 0.258. The summed E-state index contributed by atoms with van der Waals surface area (Å²) in [6.07, 6.45) is 4.06. The van der Waals surface area contributed by atoms with Gasteiger partial charge in [-0.1, -0.05) is 6.42 Å². The predicted octanol–water partition coefficient (Wildman–Crippen LogP) is 1.15. The summed E-state index contributed by atoms with van der Waals surface area (Å²) in [6.45, 7) is 8.41. The first kappa shape index (κ1) is 30.8. The number of hydrogen-bond acceptors (Lipinski definition) is 5. The summed E-state index contributed by atoms with van der Waals surface area (Å²) >= 11 is 0. The van der Waals surface area contributed by atoms with Gasteiger partial charge in [-0.25, -0.2) is 0 Å². The largest absolute Gasteiger partial charge is 2.00 e. The molecule has 9 heteroatoms. The van der Waals surface area contributed by atoms with E-state index in [1.807, 2.05) is 0 Å². The molecule has 18 heavy (non-hydrogen) atoms. The van der Waals surface area contributed by atoms with Crippen LogP contribution in [0.25, 0.3) is 0 Å². The second-order valence-corrected chi connectivity index (χ2v) is 4.09. The van der Waals surface area contributed by atoms with E-state index in [4.69, 9.17) is 16.4 Å². The van der Waals surface area contributed by atoms with Gasteiger partial charge in [0, 0.05) is 25.9 Å². The first-order valence-electron chi connectivity index (χ1n) is 4.32. The monoisotopic (exact) mass is 378 g/mol. The second-order valence-electron chi connectivity index (χ2n) is 2.62. The third-order valence-electron chi connectivity index (χ3n) is 1.11. The molecule has 0 fully saturated rings. The van der Waals surface area contributed by atoms with Crippen LogP contribution in [0.4, 0.5) is 0 Å². The molecule has 0 saturated heterocycles. The molecule has 0 atom stereocenters. The fourth-order valence-corrected chi connectivity index (χ4v) is 0.548. The third kappa shape index (κ3) is 73.4. The van der Waals surface area contributed by atoms with Crippen molar-refractivity contribution in [1.29, 1.82) is 5.26 Å². The van der Waals surface area contributed by atoms with E-state index in [0.717, 1.165) is 19.3 Å². The molecular weight excluding hydrogens is 363 g/mol. The minimum absolute atomic E-state index is 0. The van der Waals surface area contributed by atoms with Gasteiger partial charge in [-0.2, -0.15) is 14.8 Å². The van der Waals surface area contributed by atoms with Crippen molar-refractivity contribution < 1.29 is 59.0 Å². The molecule has 6 nitrogen and oxygen atoms in total. The third-order valence-corrected chi connectivity index (χ3v) is 1.11. The Morgan fingerprint density at radius 3 is 1.94 bits per heavy atom. The van der Waals surface area contributed by atoms with Crippen LogP contribution in [0.15, 0.2) is 0 Å². The number of nitrogens with zero attached hydrogens (tertiary/aromatic N) is 1. The number of ether oxygens (including phenoxy) is 1. The summed E-state index contributed by atoms with van der Waals surface area (Å²) < 4.78 is 30.3. The van der Waals surface area contributed by atoms with E-state index in [1.54, 1.807) is 0 Å². The number of unbranched alkanes of at least 4 members (excludes halogenated alkanes) is 2. The average Bonchev–Trinajstić information content (AvgIpc) is 2.18. The summed E-state index contributed by atoms with van der Waals surface area (Å²) in [4.78, 5) is 10.4. The van der Waals surface area contributed by atoms with Gasteiger partial charge >= 0.3 is 23.0 Å². The Kier molecular flexibility index (Phi) is 38.0. The molecule has 1 radical (unpaired) electrons. The van der Waals surface area contributed by atoms with Crippen LogP contribution in [0.2, 0.25) is 0 Å². The van der Waals surface area contributed by atoms with Gasteiger partial charge in [0.05, 0.1) is 13.4 Å². The van der Waals surface area contributed by atoms with Crippen LogP contribution in [0.3, 0.4) is 0 Å². The molecule has 0 heterocycles. The number of carbonyl (C=O) groups is 1. The fourth-order valence-electron chi connectivity index (χ4n) is 0.548. The number of rotatable bonds is 4. The Balaban J connectivity index is -0.0000000546. The molecular formula is C9H17CuNO5SZn. The van der Waals surface area contributed by atoms with Crippen molar-refractivity contribution in [2.24, 2.45) is 0 Å². The zero-order chi connectivity index (χ0) is 13.6. The fraction of sp³-hybridized carbons (Fsp3) is 0.667. The zero-order valence-electron chi connectivity index (χ0n) is 10.5. The molecule has 1 N–H and O–H groups in total. The van der Waals surface area contributed by atoms with Gasteiger partial charge in [0.15, 0.2) is 0 Å². The molecule has 0 amide bonds. The molecule has 0 aliphatic rings. The normalized spacial score (nSPS) is 7.89. The maximum Gasteiger partial charge on any atom is 2.00 e. The average molecular weight is 380 g/mol. The molecule has 0 aliphatic heterocycles. The van der Waals surface area contributed by atoms with Gasteiger partial charge in [-0.15, -0.1) is 0 Å². The van der Waals surface area contributed by atoms with Gasteiger partial charge < -0.3 is 23.5 Å². The van der Waals surface area contributed by atoms with Crippen LogP contribution in [-0.4, -0.2) is 32.3 Å². The van der Waals surface area contributed by atoms with E-state index >= 15 is 0 Å². The first-order valence-corrected chi connectivity index (χ1v) is 6.17. The topological polar surface area (TPSA) is 104 Å². The van der Waals surface area contributed by atoms with Crippen LogP contribution in [0.5, 0.6) is 0 Å². The van der Waals surface area contributed by atoms with Crippen LogP contribution in [-0.2, 0) is 56.2 Å². The molecule has 0 unspecified atom stereocenters. The second kappa shape index (κ2) is 22.2. The van der Waals surface area contributed by atoms with Gasteiger partial charge in [-0.3, -0.25) is 9.35 Å². The van der Waals surface area contributed by atoms with Crippen molar-refractivity contribution in [2.45, 2.75) is 25.7 Å². The molecule has 0 aliphatic carbocycles. The zero-order valence-corrected chi connectivity index (χ0v) is 15.2. The van der Waals surface area contributed by atoms with Gasteiger partial charge in [-0.05, 0) is 6.42 Å². The van der Waals surface area contributed by atoms with Crippen molar-refractivity contribution in [3.05, 3.63) is 13.5 Å². The molecule has 0 rings (SSSR count). The van der Waals surface area contributed by atoms with Crippen LogP contribution in [0, 0.1) is 18.8 Å². The Bertz CT molecular complexity index is 274. The minimum Gasteiger partial charge on any atom is -0.512 e. The van der Waals surface area contributed by atoms with Gasteiger partial charge in [0.1, 0.15) is 0 Å². The predicted molar refractivity (Wildman–Crippen MR) is 58.3 cm³/mol. The van der Waals surface area contributed by atoms with Crippen molar-refractivity contribution in [2.75, 3.05) is 13.4 Å². The molecule has 0 aromatic rings. The summed E-state index contributed by atoms with van der Waals surface area (Å²) in [5.41, 5.74) is 0. The van der Waals surface area contributed by atoms with Crippen LogP contribution >= 0.6 is 0 Å². The Hall–Kier alpha value is 0.0129. The molecule has 107 valence electrons. The van der Waals surface area contributed by atoms with Gasteiger partial charge in [0.25, 0.3) is 10.1 Å². The molecule has 0 spiro atoms. The summed E-state index contributed by atoms with van der Waals surface area (Å²) in [5.74, 6) is -0.122. The Labute approximate surface area is 132 Å². The number of methoxy groups -OCH3 is 1. The van der Waals surface area contributed by atoms with E-state index in [-0.39, 0.29) is 42.5 Å². The maximum absolute atomic E-state index is 10.4. The van der Waals surface area contributed by atoms with Crippen molar-refractivity contribution in [1.82, 2.24) is 0 Å². The summed E-state index contributed by atoms with van der Waals surface area (Å²) in [6, 6.07) is 0. The van der Waals surface area contributed by atoms with E-state index in [2.05, 4.69) is 11.7 Å². The van der Waals surface area contributed by atoms with Crippen LogP contribution < -0.4 is 0 Å². The molecule has 0 aromatic heterocycles. The van der Waals surface area contributed by atoms with Crippen LogP contribution in [0.1, 0.15) is 25.7 Å². The van der Waals surface area contributed by atoms with E-state index in [0.29, 0.717) is 12.7 Å². The van der Waals surface area contributed by atoms with E-state index in [1.165, 1.54) is 7.11 Å². The number of hydrogen-bond donors (Lipinski definition) is 1. The van der Waals surface area contributed by atoms with Gasteiger partial charge in [0.2, 0.25) is 0 Å². The molecule has 0 bridgehead atoms. The molecule has 0 aromatic carbocycles. The Morgan fingerprint density at radius 1 is 1.39 bits per heavy atom. The van der Waals surface area contributed by atoms with E-state index < -0.39 is 10.1 Å². The SMILES string of the molecule is CS(=O)(=O)O.[C-]#N.[CH2-]CCCCC(=O)OC.[Cu+2].[Zn]. The first-order chi connectivity index (χ1) is 7.31. The molecule has 0 saturated carbocycles. The van der Waals surface area contributed by atoms with E-state index in [9.17, 15) is 13.2 Å². The smallest absolute Gasteiger partial charge is 0.512 e.